The molecule has 0 aliphatic carbocycles. The number of rotatable bonds is 6. The predicted octanol–water partition coefficient (Wildman–Crippen LogP) is 3.65. The number of carbonyl (C=O) groups excluding carboxylic acids is 1. The predicted molar refractivity (Wildman–Crippen MR) is 104 cm³/mol. The Hall–Kier alpha value is -2.25. The van der Waals surface area contributed by atoms with Gasteiger partial charge in [-0.15, -0.1) is 0 Å². The van der Waals surface area contributed by atoms with Crippen LogP contribution in [0.2, 0.25) is 0 Å². The average Bonchev–Trinajstić information content (AvgIpc) is 3.02. The normalized spacial score (nSPS) is 17.6. The van der Waals surface area contributed by atoms with E-state index in [0.29, 0.717) is 17.6 Å². The van der Waals surface area contributed by atoms with E-state index in [1.807, 2.05) is 11.8 Å². The summed E-state index contributed by atoms with van der Waals surface area (Å²) >= 11 is 0. The van der Waals surface area contributed by atoms with Crippen LogP contribution in [0.1, 0.15) is 63.6 Å². The largest absolute Gasteiger partial charge is 0.340 e. The zero-order chi connectivity index (χ0) is 20.4. The average molecular weight is 394 g/mol. The van der Waals surface area contributed by atoms with Gasteiger partial charge in [0.15, 0.2) is 5.65 Å². The number of alkyl halides is 2. The minimum Gasteiger partial charge on any atom is -0.340 e. The fourth-order valence-corrected chi connectivity index (χ4v) is 4.25. The van der Waals surface area contributed by atoms with Gasteiger partial charge in [-0.05, 0) is 39.5 Å². The number of halogens is 2. The van der Waals surface area contributed by atoms with Crippen LogP contribution in [-0.4, -0.2) is 37.7 Å². The second-order valence-electron chi connectivity index (χ2n) is 7.39. The molecule has 1 aliphatic heterocycles. The Morgan fingerprint density at radius 2 is 2.07 bits per heavy atom. The fourth-order valence-electron chi connectivity index (χ4n) is 4.25. The topological polar surface area (TPSA) is 60.1 Å². The highest BCUT2D eigenvalue weighted by molar-refractivity contribution is 5.83. The highest BCUT2D eigenvalue weighted by Gasteiger charge is 2.26. The van der Waals surface area contributed by atoms with Crippen molar-refractivity contribution in [2.24, 2.45) is 0 Å². The molecule has 0 aromatic carbocycles. The van der Waals surface area contributed by atoms with E-state index in [9.17, 15) is 18.4 Å². The van der Waals surface area contributed by atoms with E-state index < -0.39 is 12.0 Å². The standard InChI is InChI=1S/C20H28F2N4O2/c1-4-14-8-6-7-10-24(14)16(27)9-11-25-17(28)12-15(19(21)22)18-13(3)26(5-2)23-20(18)25/h12,14,19H,4-11H2,1-3H3. The minimum absolute atomic E-state index is 0.0104. The Balaban J connectivity index is 1.93. The first-order chi connectivity index (χ1) is 13.4. The van der Waals surface area contributed by atoms with Crippen LogP contribution in [0.5, 0.6) is 0 Å². The summed E-state index contributed by atoms with van der Waals surface area (Å²) in [6.45, 7) is 7.08. The molecule has 1 fully saturated rings. The van der Waals surface area contributed by atoms with Gasteiger partial charge in [0.1, 0.15) is 0 Å². The van der Waals surface area contributed by atoms with Crippen molar-refractivity contribution in [1.29, 1.82) is 0 Å². The van der Waals surface area contributed by atoms with E-state index in [1.54, 1.807) is 11.6 Å². The third-order valence-electron chi connectivity index (χ3n) is 5.78. The molecule has 0 saturated carbocycles. The smallest absolute Gasteiger partial charge is 0.264 e. The number of piperidine rings is 1. The number of fused-ring (bicyclic) bond motifs is 1. The minimum atomic E-state index is -2.75. The van der Waals surface area contributed by atoms with Gasteiger partial charge in [-0.2, -0.15) is 5.10 Å². The molecule has 8 heteroatoms. The van der Waals surface area contributed by atoms with E-state index in [1.165, 1.54) is 4.57 Å². The van der Waals surface area contributed by atoms with Crippen LogP contribution in [0.4, 0.5) is 8.78 Å². The number of aryl methyl sites for hydroxylation is 3. The summed E-state index contributed by atoms with van der Waals surface area (Å²) in [6.07, 6.45) is 1.46. The Morgan fingerprint density at radius 3 is 2.71 bits per heavy atom. The zero-order valence-corrected chi connectivity index (χ0v) is 16.8. The van der Waals surface area contributed by atoms with Crippen molar-refractivity contribution in [2.75, 3.05) is 6.54 Å². The first kappa shape index (κ1) is 20.5. The van der Waals surface area contributed by atoms with Gasteiger partial charge in [0, 0.05) is 54.8 Å². The molecule has 0 bridgehead atoms. The van der Waals surface area contributed by atoms with Gasteiger partial charge in [0.2, 0.25) is 5.91 Å². The van der Waals surface area contributed by atoms with Crippen molar-refractivity contribution in [3.05, 3.63) is 27.7 Å². The first-order valence-corrected chi connectivity index (χ1v) is 10.1. The van der Waals surface area contributed by atoms with Crippen molar-refractivity contribution in [3.63, 3.8) is 0 Å². The quantitative estimate of drug-likeness (QED) is 0.752. The summed E-state index contributed by atoms with van der Waals surface area (Å²) in [7, 11) is 0. The van der Waals surface area contributed by atoms with Gasteiger partial charge >= 0.3 is 0 Å². The van der Waals surface area contributed by atoms with Gasteiger partial charge in [-0.1, -0.05) is 6.92 Å². The molecule has 154 valence electrons. The maximum absolute atomic E-state index is 13.5. The highest BCUT2D eigenvalue weighted by atomic mass is 19.3. The number of hydrogen-bond acceptors (Lipinski definition) is 3. The van der Waals surface area contributed by atoms with Crippen molar-refractivity contribution in [1.82, 2.24) is 19.2 Å². The molecule has 2 aromatic rings. The second-order valence-corrected chi connectivity index (χ2v) is 7.39. The van der Waals surface area contributed by atoms with E-state index >= 15 is 0 Å². The number of likely N-dealkylation sites (tertiary alicyclic amines) is 1. The van der Waals surface area contributed by atoms with Crippen molar-refractivity contribution in [3.8, 4) is 0 Å². The molecule has 3 heterocycles. The Labute approximate surface area is 163 Å². The summed E-state index contributed by atoms with van der Waals surface area (Å²) in [6, 6.07) is 1.24. The number of pyridine rings is 1. The maximum atomic E-state index is 13.5. The van der Waals surface area contributed by atoms with Crippen molar-refractivity contribution in [2.45, 2.75) is 78.4 Å². The van der Waals surface area contributed by atoms with Gasteiger partial charge in [0.25, 0.3) is 12.0 Å². The Bertz CT molecular complexity index is 919. The molecule has 3 rings (SSSR count). The molecule has 1 atom stereocenters. The molecule has 1 saturated heterocycles. The van der Waals surface area contributed by atoms with Gasteiger partial charge < -0.3 is 4.90 Å². The summed E-state index contributed by atoms with van der Waals surface area (Å²) in [5.74, 6) is 0.0104. The summed E-state index contributed by atoms with van der Waals surface area (Å²) in [5, 5.41) is 4.69. The lowest BCUT2D eigenvalue weighted by molar-refractivity contribution is -0.135. The van der Waals surface area contributed by atoms with Crippen LogP contribution < -0.4 is 5.56 Å². The Kier molecular flexibility index (Phi) is 6.15. The number of hydrogen-bond donors (Lipinski definition) is 0. The van der Waals surface area contributed by atoms with Crippen molar-refractivity contribution >= 4 is 16.9 Å². The third-order valence-corrected chi connectivity index (χ3v) is 5.78. The number of amides is 1. The first-order valence-electron chi connectivity index (χ1n) is 10.1. The second kappa shape index (κ2) is 8.41. The van der Waals surface area contributed by atoms with Crippen LogP contribution in [0.3, 0.4) is 0 Å². The van der Waals surface area contributed by atoms with Gasteiger partial charge in [-0.3, -0.25) is 18.8 Å². The van der Waals surface area contributed by atoms with Crippen LogP contribution >= 0.6 is 0 Å². The number of carbonyl (C=O) groups is 1. The molecule has 6 nitrogen and oxygen atoms in total. The zero-order valence-electron chi connectivity index (χ0n) is 16.8. The lowest BCUT2D eigenvalue weighted by atomic mass is 9.99. The molecule has 0 radical (unpaired) electrons. The Morgan fingerprint density at radius 1 is 1.32 bits per heavy atom. The fraction of sp³-hybridized carbons (Fsp3) is 0.650. The summed E-state index contributed by atoms with van der Waals surface area (Å²) < 4.78 is 30.0. The van der Waals surface area contributed by atoms with Gasteiger partial charge in [0.05, 0.1) is 0 Å². The molecular weight excluding hydrogens is 366 g/mol. The SMILES string of the molecule is CCC1CCCCN1C(=O)CCn1c(=O)cc(C(F)F)c2c(C)n(CC)nc21. The van der Waals surface area contributed by atoms with Crippen LogP contribution in [0.15, 0.2) is 10.9 Å². The lowest BCUT2D eigenvalue weighted by Gasteiger charge is -2.35. The lowest BCUT2D eigenvalue weighted by Crippen LogP contribution is -2.43. The van der Waals surface area contributed by atoms with E-state index in [0.717, 1.165) is 38.3 Å². The molecule has 2 aromatic heterocycles. The highest BCUT2D eigenvalue weighted by Crippen LogP contribution is 2.29. The van der Waals surface area contributed by atoms with Crippen LogP contribution in [-0.2, 0) is 17.9 Å². The number of nitrogens with zero attached hydrogens (tertiary/aromatic N) is 4. The van der Waals surface area contributed by atoms with Gasteiger partial charge in [-0.25, -0.2) is 8.78 Å². The molecule has 1 aliphatic rings. The molecule has 1 amide bonds. The van der Waals surface area contributed by atoms with Crippen molar-refractivity contribution < 1.29 is 13.6 Å². The number of aromatic nitrogens is 3. The third kappa shape index (κ3) is 3.69. The molecule has 0 N–H and O–H groups in total. The molecule has 1 unspecified atom stereocenters. The molecule has 0 spiro atoms. The molecule has 28 heavy (non-hydrogen) atoms. The van der Waals surface area contributed by atoms with E-state index in [4.69, 9.17) is 0 Å². The van der Waals surface area contributed by atoms with E-state index in [-0.39, 0.29) is 36.1 Å². The van der Waals surface area contributed by atoms with Crippen LogP contribution in [0.25, 0.3) is 11.0 Å². The molecular formula is C20H28F2N4O2. The maximum Gasteiger partial charge on any atom is 0.264 e. The monoisotopic (exact) mass is 394 g/mol. The summed E-state index contributed by atoms with van der Waals surface area (Å²) in [5.41, 5.74) is 0.0134. The van der Waals surface area contributed by atoms with E-state index in [2.05, 4.69) is 12.0 Å². The summed E-state index contributed by atoms with van der Waals surface area (Å²) in [4.78, 5) is 27.2. The van der Waals surface area contributed by atoms with Crippen LogP contribution in [0, 0.1) is 6.92 Å².